The summed E-state index contributed by atoms with van der Waals surface area (Å²) in [5.74, 6) is 0.00838. The molecule has 26 heavy (non-hydrogen) atoms. The molecule has 0 saturated heterocycles. The van der Waals surface area contributed by atoms with Gasteiger partial charge in [-0.1, -0.05) is 45.0 Å². The summed E-state index contributed by atoms with van der Waals surface area (Å²) in [5.41, 5.74) is 1.82. The van der Waals surface area contributed by atoms with Crippen molar-refractivity contribution >= 4 is 17.6 Å². The Bertz CT molecular complexity index is 608. The minimum absolute atomic E-state index is 0.0621. The molecule has 144 valence electrons. The van der Waals surface area contributed by atoms with Gasteiger partial charge in [0, 0.05) is 24.4 Å². The van der Waals surface area contributed by atoms with Gasteiger partial charge >= 0.3 is 0 Å². The highest BCUT2D eigenvalue weighted by Gasteiger charge is 2.17. The molecule has 1 rings (SSSR count). The smallest absolute Gasteiger partial charge is 0.242 e. The molecule has 2 amide bonds. The minimum atomic E-state index is -0.609. The van der Waals surface area contributed by atoms with E-state index in [0.29, 0.717) is 11.5 Å². The largest absolute Gasteiger partial charge is 0.352 e. The zero-order chi connectivity index (χ0) is 19.7. The Labute approximate surface area is 156 Å². The normalized spacial score (nSPS) is 13.2. The lowest BCUT2D eigenvalue weighted by molar-refractivity contribution is -0.128. The summed E-state index contributed by atoms with van der Waals surface area (Å²) in [6.07, 6.45) is 2.02. The predicted octanol–water partition coefficient (Wildman–Crippen LogP) is 3.27. The van der Waals surface area contributed by atoms with Gasteiger partial charge in [0.25, 0.3) is 0 Å². The maximum atomic E-state index is 12.2. The van der Waals surface area contributed by atoms with Gasteiger partial charge in [-0.2, -0.15) is 0 Å². The second kappa shape index (κ2) is 10.7. The van der Waals surface area contributed by atoms with E-state index in [0.717, 1.165) is 12.8 Å². The van der Waals surface area contributed by atoms with Crippen molar-refractivity contribution in [2.75, 3.05) is 0 Å². The number of Topliss-reactive ketones (excluding diaryl/α,β-unsaturated/α-hetero) is 1. The third-order valence-electron chi connectivity index (χ3n) is 4.27. The Morgan fingerprint density at radius 2 is 1.54 bits per heavy atom. The fourth-order valence-corrected chi connectivity index (χ4v) is 2.52. The summed E-state index contributed by atoms with van der Waals surface area (Å²) in [5, 5.41) is 5.47. The van der Waals surface area contributed by atoms with Crippen LogP contribution >= 0.6 is 0 Å². The fourth-order valence-electron chi connectivity index (χ4n) is 2.52. The maximum Gasteiger partial charge on any atom is 0.242 e. The highest BCUT2D eigenvalue weighted by atomic mass is 16.2. The summed E-state index contributed by atoms with van der Waals surface area (Å²) < 4.78 is 0. The van der Waals surface area contributed by atoms with E-state index in [4.69, 9.17) is 0 Å². The summed E-state index contributed by atoms with van der Waals surface area (Å²) in [7, 11) is 0. The van der Waals surface area contributed by atoms with Gasteiger partial charge in [0.2, 0.25) is 11.8 Å². The average molecular weight is 360 g/mol. The second-order valence-corrected chi connectivity index (χ2v) is 7.33. The van der Waals surface area contributed by atoms with E-state index in [-0.39, 0.29) is 36.5 Å². The number of nitrogens with one attached hydrogen (secondary N) is 2. The lowest BCUT2D eigenvalue weighted by Crippen LogP contribution is -2.47. The second-order valence-electron chi connectivity index (χ2n) is 7.33. The van der Waals surface area contributed by atoms with Crippen molar-refractivity contribution < 1.29 is 14.4 Å². The van der Waals surface area contributed by atoms with Crippen LogP contribution in [0.3, 0.4) is 0 Å². The Balaban J connectivity index is 2.44. The van der Waals surface area contributed by atoms with E-state index in [1.165, 1.54) is 5.56 Å². The van der Waals surface area contributed by atoms with Crippen LogP contribution in [0.15, 0.2) is 24.3 Å². The van der Waals surface area contributed by atoms with E-state index in [1.54, 1.807) is 6.92 Å². The highest BCUT2D eigenvalue weighted by Crippen LogP contribution is 2.12. The van der Waals surface area contributed by atoms with E-state index in [1.807, 2.05) is 38.1 Å². The van der Waals surface area contributed by atoms with Gasteiger partial charge in [-0.25, -0.2) is 0 Å². The van der Waals surface area contributed by atoms with Crippen LogP contribution in [0.25, 0.3) is 0 Å². The van der Waals surface area contributed by atoms with Crippen molar-refractivity contribution in [1.29, 1.82) is 0 Å². The van der Waals surface area contributed by atoms with Crippen LogP contribution < -0.4 is 10.6 Å². The Kier molecular flexibility index (Phi) is 9.03. The number of benzene rings is 1. The van der Waals surface area contributed by atoms with Crippen molar-refractivity contribution in [2.45, 2.75) is 72.4 Å². The Morgan fingerprint density at radius 1 is 0.923 bits per heavy atom. The van der Waals surface area contributed by atoms with Crippen molar-refractivity contribution in [1.82, 2.24) is 10.6 Å². The van der Waals surface area contributed by atoms with Gasteiger partial charge in [-0.3, -0.25) is 14.4 Å². The molecule has 0 saturated carbocycles. The molecule has 0 aliphatic carbocycles. The molecule has 2 atom stereocenters. The average Bonchev–Trinajstić information content (AvgIpc) is 2.59. The van der Waals surface area contributed by atoms with Crippen LogP contribution in [0.1, 0.15) is 69.8 Å². The quantitative estimate of drug-likeness (QED) is 0.629. The number of ketones is 1. The number of rotatable bonds is 10. The molecule has 0 spiro atoms. The van der Waals surface area contributed by atoms with E-state index < -0.39 is 6.04 Å². The molecule has 0 bridgehead atoms. The number of carbonyl (C=O) groups is 3. The first kappa shape index (κ1) is 21.9. The molecular weight excluding hydrogens is 328 g/mol. The molecule has 5 heteroatoms. The molecule has 0 radical (unpaired) electrons. The minimum Gasteiger partial charge on any atom is -0.352 e. The van der Waals surface area contributed by atoms with Crippen LogP contribution in [0.4, 0.5) is 0 Å². The number of hydrogen-bond donors (Lipinski definition) is 2. The van der Waals surface area contributed by atoms with Crippen LogP contribution in [0.2, 0.25) is 0 Å². The van der Waals surface area contributed by atoms with Gasteiger partial charge in [0.1, 0.15) is 6.04 Å². The van der Waals surface area contributed by atoms with Crippen LogP contribution in [0, 0.1) is 5.92 Å². The Hall–Kier alpha value is -2.17. The zero-order valence-corrected chi connectivity index (χ0v) is 16.6. The summed E-state index contributed by atoms with van der Waals surface area (Å²) in [6.45, 7) is 9.85. The predicted molar refractivity (Wildman–Crippen MR) is 104 cm³/mol. The lowest BCUT2D eigenvalue weighted by atomic mass is 9.99. The molecule has 0 aliphatic rings. The topological polar surface area (TPSA) is 75.3 Å². The van der Waals surface area contributed by atoms with E-state index in [9.17, 15) is 14.4 Å². The highest BCUT2D eigenvalue weighted by molar-refractivity contribution is 5.98. The molecule has 2 N–H and O–H groups in total. The monoisotopic (exact) mass is 360 g/mol. The van der Waals surface area contributed by atoms with Gasteiger partial charge < -0.3 is 10.6 Å². The molecule has 1 aromatic carbocycles. The van der Waals surface area contributed by atoms with Gasteiger partial charge in [0.05, 0.1) is 0 Å². The third kappa shape index (κ3) is 7.81. The first-order valence-corrected chi connectivity index (χ1v) is 9.44. The van der Waals surface area contributed by atoms with E-state index >= 15 is 0 Å². The SMILES string of the molecule is CCC(C)NC(=O)C(C)NC(=O)CCC(=O)c1ccc(CC(C)C)cc1. The summed E-state index contributed by atoms with van der Waals surface area (Å²) >= 11 is 0. The van der Waals surface area contributed by atoms with Gasteiger partial charge in [-0.05, 0) is 38.2 Å². The standard InChI is InChI=1S/C21H32N2O3/c1-6-15(4)22-21(26)16(5)23-20(25)12-11-19(24)18-9-7-17(8-10-18)13-14(2)3/h7-10,14-16H,6,11-13H2,1-5H3,(H,22,26)(H,23,25). The van der Waals surface area contributed by atoms with Crippen LogP contribution in [0.5, 0.6) is 0 Å². The van der Waals surface area contributed by atoms with Crippen molar-refractivity contribution in [2.24, 2.45) is 5.92 Å². The van der Waals surface area contributed by atoms with Gasteiger partial charge in [-0.15, -0.1) is 0 Å². The fraction of sp³-hybridized carbons (Fsp3) is 0.571. The van der Waals surface area contributed by atoms with Crippen LogP contribution in [-0.4, -0.2) is 29.7 Å². The maximum absolute atomic E-state index is 12.2. The van der Waals surface area contributed by atoms with Gasteiger partial charge in [0.15, 0.2) is 5.78 Å². The first-order chi connectivity index (χ1) is 12.2. The van der Waals surface area contributed by atoms with E-state index in [2.05, 4.69) is 24.5 Å². The number of hydrogen-bond acceptors (Lipinski definition) is 3. The Morgan fingerprint density at radius 3 is 2.08 bits per heavy atom. The third-order valence-corrected chi connectivity index (χ3v) is 4.27. The molecule has 0 aromatic heterocycles. The summed E-state index contributed by atoms with van der Waals surface area (Å²) in [6, 6.07) is 7.04. The van der Waals surface area contributed by atoms with Crippen molar-refractivity contribution in [3.63, 3.8) is 0 Å². The molecule has 0 fully saturated rings. The first-order valence-electron chi connectivity index (χ1n) is 9.44. The lowest BCUT2D eigenvalue weighted by Gasteiger charge is -2.17. The van der Waals surface area contributed by atoms with Crippen LogP contribution in [-0.2, 0) is 16.0 Å². The zero-order valence-electron chi connectivity index (χ0n) is 16.6. The molecule has 2 unspecified atom stereocenters. The van der Waals surface area contributed by atoms with Crippen molar-refractivity contribution in [3.05, 3.63) is 35.4 Å². The molecule has 1 aromatic rings. The molecule has 0 heterocycles. The molecule has 0 aliphatic heterocycles. The van der Waals surface area contributed by atoms with Crippen molar-refractivity contribution in [3.8, 4) is 0 Å². The summed E-state index contributed by atoms with van der Waals surface area (Å²) in [4.78, 5) is 36.1. The molecular formula is C21H32N2O3. The number of amides is 2. The number of carbonyl (C=O) groups excluding carboxylic acids is 3. The molecule has 5 nitrogen and oxygen atoms in total.